The molecule has 1 unspecified atom stereocenters. The molecule has 4 amide bonds. The predicted molar refractivity (Wildman–Crippen MR) is 89.7 cm³/mol. The SMILES string of the molecule is O=C(CN1C(=O)NC2(CCCc3sccc32)C1=O)NCc1ccco1. The Morgan fingerprint density at radius 3 is 3.08 bits per heavy atom. The van der Waals surface area contributed by atoms with Gasteiger partial charge >= 0.3 is 6.03 Å². The molecule has 8 heteroatoms. The smallest absolute Gasteiger partial charge is 0.325 e. The average molecular weight is 359 g/mol. The van der Waals surface area contributed by atoms with E-state index in [0.29, 0.717) is 12.2 Å². The van der Waals surface area contributed by atoms with Crippen molar-refractivity contribution in [2.45, 2.75) is 31.3 Å². The van der Waals surface area contributed by atoms with Gasteiger partial charge in [-0.15, -0.1) is 11.3 Å². The normalized spacial score (nSPS) is 22.2. The van der Waals surface area contributed by atoms with Crippen molar-refractivity contribution in [2.24, 2.45) is 0 Å². The van der Waals surface area contributed by atoms with Crippen LogP contribution in [0.25, 0.3) is 0 Å². The molecule has 2 aromatic rings. The maximum absolute atomic E-state index is 13.0. The molecule has 7 nitrogen and oxygen atoms in total. The van der Waals surface area contributed by atoms with E-state index in [-0.39, 0.29) is 19.0 Å². The van der Waals surface area contributed by atoms with Crippen molar-refractivity contribution >= 4 is 29.2 Å². The van der Waals surface area contributed by atoms with Gasteiger partial charge in [-0.25, -0.2) is 4.79 Å². The third-order valence-corrected chi connectivity index (χ3v) is 5.66. The van der Waals surface area contributed by atoms with Crippen molar-refractivity contribution in [1.29, 1.82) is 0 Å². The number of rotatable bonds is 4. The van der Waals surface area contributed by atoms with Gasteiger partial charge in [0.1, 0.15) is 17.8 Å². The lowest BCUT2D eigenvalue weighted by atomic mass is 9.80. The zero-order chi connectivity index (χ0) is 17.4. The fourth-order valence-electron chi connectivity index (χ4n) is 3.48. The Labute approximate surface area is 148 Å². The van der Waals surface area contributed by atoms with Crippen LogP contribution in [0.5, 0.6) is 0 Å². The number of nitrogens with one attached hydrogen (secondary N) is 2. The van der Waals surface area contributed by atoms with E-state index in [1.165, 1.54) is 6.26 Å². The van der Waals surface area contributed by atoms with Gasteiger partial charge in [0, 0.05) is 10.4 Å². The summed E-state index contributed by atoms with van der Waals surface area (Å²) in [5.41, 5.74) is -0.132. The van der Waals surface area contributed by atoms with Crippen molar-refractivity contribution in [3.05, 3.63) is 46.0 Å². The third-order valence-electron chi connectivity index (χ3n) is 4.68. The molecule has 2 N–H and O–H groups in total. The number of hydrogen-bond acceptors (Lipinski definition) is 5. The maximum atomic E-state index is 13.0. The molecule has 25 heavy (non-hydrogen) atoms. The van der Waals surface area contributed by atoms with Crippen LogP contribution in [0.15, 0.2) is 34.3 Å². The molecule has 3 heterocycles. The Morgan fingerprint density at radius 1 is 1.40 bits per heavy atom. The Morgan fingerprint density at radius 2 is 2.28 bits per heavy atom. The number of nitrogens with zero attached hydrogens (tertiary/aromatic N) is 1. The lowest BCUT2D eigenvalue weighted by Crippen LogP contribution is -2.46. The van der Waals surface area contributed by atoms with Gasteiger partial charge in [-0.1, -0.05) is 0 Å². The van der Waals surface area contributed by atoms with E-state index in [0.717, 1.165) is 28.2 Å². The molecule has 2 aliphatic rings. The summed E-state index contributed by atoms with van der Waals surface area (Å²) in [6, 6.07) is 4.85. The minimum absolute atomic E-state index is 0.218. The van der Waals surface area contributed by atoms with Crippen molar-refractivity contribution in [3.8, 4) is 0 Å². The molecule has 0 aromatic carbocycles. The van der Waals surface area contributed by atoms with Gasteiger partial charge in [-0.3, -0.25) is 14.5 Å². The van der Waals surface area contributed by atoms with Crippen LogP contribution in [0.4, 0.5) is 4.79 Å². The zero-order valence-corrected chi connectivity index (χ0v) is 14.2. The van der Waals surface area contributed by atoms with Crippen LogP contribution < -0.4 is 10.6 Å². The third kappa shape index (κ3) is 2.62. The Balaban J connectivity index is 1.48. The molecule has 130 valence electrons. The van der Waals surface area contributed by atoms with E-state index < -0.39 is 17.5 Å². The highest BCUT2D eigenvalue weighted by atomic mass is 32.1. The summed E-state index contributed by atoms with van der Waals surface area (Å²) in [6.45, 7) is -0.0814. The van der Waals surface area contributed by atoms with Crippen LogP contribution >= 0.6 is 11.3 Å². The summed E-state index contributed by atoms with van der Waals surface area (Å²) in [4.78, 5) is 39.6. The van der Waals surface area contributed by atoms with E-state index in [2.05, 4.69) is 10.6 Å². The topological polar surface area (TPSA) is 91.7 Å². The molecule has 1 spiro atoms. The maximum Gasteiger partial charge on any atom is 0.325 e. The summed E-state index contributed by atoms with van der Waals surface area (Å²) in [5, 5.41) is 7.43. The van der Waals surface area contributed by atoms with Gasteiger partial charge in [0.2, 0.25) is 5.91 Å². The molecule has 0 bridgehead atoms. The number of carbonyl (C=O) groups is 3. The first-order valence-corrected chi connectivity index (χ1v) is 8.98. The first kappa shape index (κ1) is 15.9. The minimum atomic E-state index is -1.01. The number of fused-ring (bicyclic) bond motifs is 2. The number of amides is 4. The van der Waals surface area contributed by atoms with Gasteiger partial charge in [0.25, 0.3) is 5.91 Å². The minimum Gasteiger partial charge on any atom is -0.467 e. The second kappa shape index (κ2) is 6.03. The van der Waals surface area contributed by atoms with E-state index >= 15 is 0 Å². The Bertz CT molecular complexity index is 829. The predicted octanol–water partition coefficient (Wildman–Crippen LogP) is 1.74. The summed E-state index contributed by atoms with van der Waals surface area (Å²) >= 11 is 1.60. The number of urea groups is 1. The largest absolute Gasteiger partial charge is 0.467 e. The van der Waals surface area contributed by atoms with Gasteiger partial charge in [-0.05, 0) is 42.8 Å². The molecule has 1 aliphatic heterocycles. The monoisotopic (exact) mass is 359 g/mol. The van der Waals surface area contributed by atoms with Crippen LogP contribution in [-0.2, 0) is 28.1 Å². The number of hydrogen-bond donors (Lipinski definition) is 2. The van der Waals surface area contributed by atoms with E-state index in [1.807, 2.05) is 11.4 Å². The highest BCUT2D eigenvalue weighted by molar-refractivity contribution is 7.10. The highest BCUT2D eigenvalue weighted by Gasteiger charge is 2.54. The molecule has 1 atom stereocenters. The quantitative estimate of drug-likeness (QED) is 0.814. The fraction of sp³-hybridized carbons (Fsp3) is 0.353. The molecule has 0 saturated carbocycles. The van der Waals surface area contributed by atoms with Crippen molar-refractivity contribution < 1.29 is 18.8 Å². The lowest BCUT2D eigenvalue weighted by Gasteiger charge is -2.31. The first-order chi connectivity index (χ1) is 12.1. The molecule has 1 fully saturated rings. The van der Waals surface area contributed by atoms with Crippen molar-refractivity contribution in [1.82, 2.24) is 15.5 Å². The number of carbonyl (C=O) groups excluding carboxylic acids is 3. The van der Waals surface area contributed by atoms with Crippen LogP contribution in [0.2, 0.25) is 0 Å². The standard InChI is InChI=1S/C17H17N3O4S/c21-14(18-9-11-3-2-7-24-11)10-20-15(22)17(19-16(20)23)6-1-4-13-12(17)5-8-25-13/h2-3,5,7-8H,1,4,6,9-10H2,(H,18,21)(H,19,23). The van der Waals surface area contributed by atoms with Crippen molar-refractivity contribution in [2.75, 3.05) is 6.54 Å². The second-order valence-electron chi connectivity index (χ2n) is 6.19. The van der Waals surface area contributed by atoms with Gasteiger partial charge in [0.05, 0.1) is 12.8 Å². The number of thiophene rings is 1. The first-order valence-electron chi connectivity index (χ1n) is 8.10. The highest BCUT2D eigenvalue weighted by Crippen LogP contribution is 2.41. The molecule has 4 rings (SSSR count). The van der Waals surface area contributed by atoms with Crippen molar-refractivity contribution in [3.63, 3.8) is 0 Å². The number of aryl methyl sites for hydroxylation is 1. The number of imide groups is 1. The van der Waals surface area contributed by atoms with Gasteiger partial charge < -0.3 is 15.1 Å². The second-order valence-corrected chi connectivity index (χ2v) is 7.19. The lowest BCUT2D eigenvalue weighted by molar-refractivity contribution is -0.135. The van der Waals surface area contributed by atoms with E-state index in [4.69, 9.17) is 4.42 Å². The van der Waals surface area contributed by atoms with Gasteiger partial charge in [-0.2, -0.15) is 0 Å². The van der Waals surface area contributed by atoms with Gasteiger partial charge in [0.15, 0.2) is 0 Å². The summed E-state index contributed by atoms with van der Waals surface area (Å²) in [7, 11) is 0. The Hall–Kier alpha value is -2.61. The van der Waals surface area contributed by atoms with Crippen LogP contribution in [0.3, 0.4) is 0 Å². The van der Waals surface area contributed by atoms with E-state index in [1.54, 1.807) is 23.5 Å². The Kier molecular flexibility index (Phi) is 3.84. The summed E-state index contributed by atoms with van der Waals surface area (Å²) in [6.07, 6.45) is 3.83. The molecular formula is C17H17N3O4S. The molecule has 0 radical (unpaired) electrons. The summed E-state index contributed by atoms with van der Waals surface area (Å²) in [5.74, 6) is -0.138. The van der Waals surface area contributed by atoms with Crippen LogP contribution in [-0.4, -0.2) is 29.3 Å². The zero-order valence-electron chi connectivity index (χ0n) is 13.4. The number of furan rings is 1. The molecule has 2 aromatic heterocycles. The van der Waals surface area contributed by atoms with Crippen LogP contribution in [0, 0.1) is 0 Å². The van der Waals surface area contributed by atoms with E-state index in [9.17, 15) is 14.4 Å². The molecule has 1 saturated heterocycles. The fourth-order valence-corrected chi connectivity index (χ4v) is 4.48. The van der Waals surface area contributed by atoms with Crippen LogP contribution in [0.1, 0.15) is 29.0 Å². The summed E-state index contributed by atoms with van der Waals surface area (Å²) < 4.78 is 5.14. The average Bonchev–Trinajstić information content (AvgIpc) is 3.32. The molecule has 1 aliphatic carbocycles. The molecular weight excluding hydrogens is 342 g/mol.